The minimum Gasteiger partial charge on any atom is -0.494 e. The lowest BCUT2D eigenvalue weighted by molar-refractivity contribution is 0.330. The predicted octanol–water partition coefficient (Wildman–Crippen LogP) is 0.381. The Hall–Kier alpha value is -1.19. The van der Waals surface area contributed by atoms with Gasteiger partial charge in [0.15, 0.2) is 5.88 Å². The molecule has 0 unspecified atom stereocenters. The summed E-state index contributed by atoms with van der Waals surface area (Å²) in [5, 5.41) is 11.7. The fourth-order valence-corrected chi connectivity index (χ4v) is 0.628. The number of methoxy groups -OCH3 is 1. The molecule has 0 aliphatic carbocycles. The van der Waals surface area contributed by atoms with E-state index in [0.29, 0.717) is 12.6 Å². The molecule has 0 spiro atoms. The Morgan fingerprint density at radius 1 is 1.70 bits per heavy atom. The third kappa shape index (κ3) is 1.21. The molecule has 4 nitrogen and oxygen atoms in total. The maximum atomic E-state index is 9.09. The van der Waals surface area contributed by atoms with Crippen molar-refractivity contribution < 1.29 is 9.84 Å². The smallest absolute Gasteiger partial charge is 0.291 e. The van der Waals surface area contributed by atoms with Gasteiger partial charge in [0.2, 0.25) is 0 Å². The molecular weight excluding hydrogens is 132 g/mol. The predicted molar refractivity (Wildman–Crippen MR) is 37.8 cm³/mol. The van der Waals surface area contributed by atoms with Crippen LogP contribution in [0.4, 0.5) is 0 Å². The monoisotopic (exact) mass is 142 g/mol. The van der Waals surface area contributed by atoms with E-state index in [1.54, 1.807) is 6.92 Å². The summed E-state index contributed by atoms with van der Waals surface area (Å²) in [5.74, 6) is 0.145. The van der Waals surface area contributed by atoms with E-state index in [9.17, 15) is 0 Å². The van der Waals surface area contributed by atoms with Crippen LogP contribution in [0.3, 0.4) is 0 Å². The molecule has 0 aromatic carbocycles. The molecule has 10 heavy (non-hydrogen) atoms. The van der Waals surface area contributed by atoms with E-state index in [4.69, 9.17) is 9.84 Å². The Morgan fingerprint density at radius 3 is 2.90 bits per heavy atom. The number of aliphatic hydroxyl groups is 1. The van der Waals surface area contributed by atoms with Gasteiger partial charge in [-0.05, 0) is 6.92 Å². The zero-order valence-electron chi connectivity index (χ0n) is 6.01. The molecule has 0 saturated heterocycles. The van der Waals surface area contributed by atoms with Gasteiger partial charge in [-0.25, -0.2) is 4.99 Å². The van der Waals surface area contributed by atoms with Crippen molar-refractivity contribution in [3.63, 3.8) is 0 Å². The minimum absolute atomic E-state index is 0.145. The van der Waals surface area contributed by atoms with Gasteiger partial charge in [0.25, 0.3) is 6.02 Å². The number of hydrogen-bond donors (Lipinski definition) is 2. The highest BCUT2D eigenvalue weighted by molar-refractivity contribution is 5.76. The van der Waals surface area contributed by atoms with Crippen LogP contribution >= 0.6 is 0 Å². The van der Waals surface area contributed by atoms with Gasteiger partial charge < -0.3 is 9.84 Å². The summed E-state index contributed by atoms with van der Waals surface area (Å²) in [6, 6.07) is 0.364. The highest BCUT2D eigenvalue weighted by Crippen LogP contribution is 2.03. The van der Waals surface area contributed by atoms with E-state index in [-0.39, 0.29) is 5.88 Å². The lowest BCUT2D eigenvalue weighted by Crippen LogP contribution is -2.29. The summed E-state index contributed by atoms with van der Waals surface area (Å²) in [6.45, 7) is 2.31. The molecule has 0 saturated carbocycles. The van der Waals surface area contributed by atoms with Crippen molar-refractivity contribution in [3.05, 3.63) is 11.5 Å². The first-order chi connectivity index (χ1) is 4.74. The molecule has 1 aliphatic heterocycles. The first-order valence-corrected chi connectivity index (χ1v) is 2.98. The van der Waals surface area contributed by atoms with Crippen molar-refractivity contribution in [1.29, 1.82) is 0 Å². The molecule has 0 radical (unpaired) electrons. The molecule has 0 aromatic heterocycles. The van der Waals surface area contributed by atoms with E-state index < -0.39 is 0 Å². The molecule has 1 aliphatic rings. The Bertz CT molecular complexity index is 196. The van der Waals surface area contributed by atoms with Crippen LogP contribution in [0.1, 0.15) is 6.92 Å². The molecule has 0 aromatic rings. The number of nitrogens with one attached hydrogen (secondary N) is 1. The molecule has 4 heteroatoms. The molecule has 2 N–H and O–H groups in total. The molecule has 0 amide bonds. The molecule has 1 heterocycles. The van der Waals surface area contributed by atoms with Crippen molar-refractivity contribution >= 4 is 6.02 Å². The third-order valence-electron chi connectivity index (χ3n) is 1.28. The molecule has 0 atom stereocenters. The van der Waals surface area contributed by atoms with Crippen molar-refractivity contribution in [2.45, 2.75) is 6.92 Å². The van der Waals surface area contributed by atoms with Crippen LogP contribution in [0.15, 0.2) is 16.4 Å². The maximum absolute atomic E-state index is 9.09. The normalized spacial score (nSPS) is 18.0. The summed E-state index contributed by atoms with van der Waals surface area (Å²) in [5.41, 5.74) is 0.820. The number of ether oxygens (including phenoxy) is 1. The number of amidine groups is 1. The average molecular weight is 142 g/mol. The first-order valence-electron chi connectivity index (χ1n) is 2.98. The number of rotatable bonds is 0. The third-order valence-corrected chi connectivity index (χ3v) is 1.28. The van der Waals surface area contributed by atoms with Gasteiger partial charge in [-0.2, -0.15) is 0 Å². The van der Waals surface area contributed by atoms with Crippen molar-refractivity contribution in [3.8, 4) is 0 Å². The van der Waals surface area contributed by atoms with E-state index in [0.717, 1.165) is 5.57 Å². The molecule has 1 rings (SSSR count). The second-order valence-electron chi connectivity index (χ2n) is 2.08. The van der Waals surface area contributed by atoms with E-state index in [1.165, 1.54) is 7.11 Å². The Labute approximate surface area is 59.2 Å². The maximum Gasteiger partial charge on any atom is 0.291 e. The second kappa shape index (κ2) is 2.60. The van der Waals surface area contributed by atoms with Gasteiger partial charge >= 0.3 is 0 Å². The fraction of sp³-hybridized carbons (Fsp3) is 0.500. The van der Waals surface area contributed by atoms with Crippen LogP contribution < -0.4 is 5.32 Å². The molecular formula is C6H10N2O2. The summed E-state index contributed by atoms with van der Waals surface area (Å²) in [6.07, 6.45) is 0. The lowest BCUT2D eigenvalue weighted by atomic mass is 10.3. The standard InChI is InChI=1S/C6H10N2O2/c1-4-3-7-6(10-2)8-5(4)9/h9H,3H2,1-2H3,(H,7,8). The number of nitrogens with zero attached hydrogens (tertiary/aromatic N) is 1. The van der Waals surface area contributed by atoms with Crippen LogP contribution in [-0.2, 0) is 4.74 Å². The summed E-state index contributed by atoms with van der Waals surface area (Å²) < 4.78 is 4.75. The Kier molecular flexibility index (Phi) is 1.80. The molecule has 56 valence electrons. The highest BCUT2D eigenvalue weighted by atomic mass is 16.5. The number of hydrogen-bond acceptors (Lipinski definition) is 4. The van der Waals surface area contributed by atoms with Crippen molar-refractivity contribution in [1.82, 2.24) is 5.32 Å². The fourth-order valence-electron chi connectivity index (χ4n) is 0.628. The zero-order chi connectivity index (χ0) is 7.56. The number of aliphatic hydroxyl groups excluding tert-OH is 1. The highest BCUT2D eigenvalue weighted by Gasteiger charge is 2.09. The molecule has 0 fully saturated rings. The van der Waals surface area contributed by atoms with E-state index in [1.807, 2.05) is 0 Å². The number of aliphatic imine (C=N–C) groups is 1. The zero-order valence-corrected chi connectivity index (χ0v) is 6.01. The van der Waals surface area contributed by atoms with Crippen LogP contribution in [0, 0.1) is 0 Å². The van der Waals surface area contributed by atoms with Gasteiger partial charge in [0.05, 0.1) is 13.7 Å². The largest absolute Gasteiger partial charge is 0.494 e. The van der Waals surface area contributed by atoms with Crippen LogP contribution in [0.2, 0.25) is 0 Å². The van der Waals surface area contributed by atoms with Crippen LogP contribution in [-0.4, -0.2) is 24.8 Å². The Morgan fingerprint density at radius 2 is 2.40 bits per heavy atom. The van der Waals surface area contributed by atoms with Gasteiger partial charge in [-0.15, -0.1) is 0 Å². The quantitative estimate of drug-likeness (QED) is 0.514. The molecule has 0 bridgehead atoms. The summed E-state index contributed by atoms with van der Waals surface area (Å²) >= 11 is 0. The lowest BCUT2D eigenvalue weighted by Gasteiger charge is -2.13. The van der Waals surface area contributed by atoms with Crippen molar-refractivity contribution in [2.24, 2.45) is 4.99 Å². The Balaban J connectivity index is 2.63. The van der Waals surface area contributed by atoms with Gasteiger partial charge in [-0.1, -0.05) is 0 Å². The minimum atomic E-state index is 0.145. The van der Waals surface area contributed by atoms with E-state index in [2.05, 4.69) is 10.3 Å². The van der Waals surface area contributed by atoms with Crippen LogP contribution in [0.5, 0.6) is 0 Å². The van der Waals surface area contributed by atoms with Gasteiger partial charge in [0.1, 0.15) is 0 Å². The van der Waals surface area contributed by atoms with Gasteiger partial charge in [-0.3, -0.25) is 5.32 Å². The SMILES string of the molecule is COC1=NCC(C)=C(O)N1. The first kappa shape index (κ1) is 6.92. The summed E-state index contributed by atoms with van der Waals surface area (Å²) in [4.78, 5) is 3.94. The average Bonchev–Trinajstić information content (AvgIpc) is 1.95. The van der Waals surface area contributed by atoms with Gasteiger partial charge in [0, 0.05) is 5.57 Å². The second-order valence-corrected chi connectivity index (χ2v) is 2.08. The van der Waals surface area contributed by atoms with Crippen LogP contribution in [0.25, 0.3) is 0 Å². The van der Waals surface area contributed by atoms with Crippen molar-refractivity contribution in [2.75, 3.05) is 13.7 Å². The summed E-state index contributed by atoms with van der Waals surface area (Å²) in [7, 11) is 1.50. The topological polar surface area (TPSA) is 53.9 Å². The van der Waals surface area contributed by atoms with E-state index >= 15 is 0 Å².